The van der Waals surface area contributed by atoms with E-state index in [9.17, 15) is 9.18 Å². The van der Waals surface area contributed by atoms with Gasteiger partial charge in [-0.2, -0.15) is 0 Å². The number of hydrogen-bond acceptors (Lipinski definition) is 5. The van der Waals surface area contributed by atoms with Gasteiger partial charge in [-0.3, -0.25) is 14.7 Å². The molecular formula is C30H31FN4O2. The Balaban J connectivity index is 1.20. The fourth-order valence-electron chi connectivity index (χ4n) is 5.86. The molecule has 1 amide bonds. The Morgan fingerprint density at radius 1 is 1.11 bits per heavy atom. The third-order valence-corrected chi connectivity index (χ3v) is 7.83. The second kappa shape index (κ2) is 9.71. The fraction of sp³-hybridized carbons (Fsp3) is 0.367. The predicted octanol–water partition coefficient (Wildman–Crippen LogP) is 4.44. The molecule has 1 saturated heterocycles. The second-order valence-electron chi connectivity index (χ2n) is 10.4. The number of nitrogens with zero attached hydrogens (tertiary/aromatic N) is 4. The van der Waals surface area contributed by atoms with E-state index in [1.807, 2.05) is 36.1 Å². The van der Waals surface area contributed by atoms with Crippen LogP contribution in [-0.4, -0.2) is 52.6 Å². The summed E-state index contributed by atoms with van der Waals surface area (Å²) < 4.78 is 19.7. The molecule has 3 aliphatic heterocycles. The van der Waals surface area contributed by atoms with E-state index in [4.69, 9.17) is 9.73 Å². The van der Waals surface area contributed by atoms with E-state index in [1.165, 1.54) is 5.56 Å². The summed E-state index contributed by atoms with van der Waals surface area (Å²) in [7, 11) is 1.61. The molecular weight excluding hydrogens is 467 g/mol. The number of piperidine rings is 1. The number of halogens is 1. The number of aryl methyl sites for hydroxylation is 1. The molecule has 2 aromatic carbocycles. The molecule has 0 radical (unpaired) electrons. The number of carbonyl (C=O) groups is 1. The number of aliphatic imine (C=N–C) groups is 1. The lowest BCUT2D eigenvalue weighted by Crippen LogP contribution is -2.51. The van der Waals surface area contributed by atoms with Gasteiger partial charge in [-0.25, -0.2) is 9.37 Å². The molecule has 37 heavy (non-hydrogen) atoms. The molecule has 3 aromatic rings. The number of methoxy groups -OCH3 is 1. The topological polar surface area (TPSA) is 58.0 Å². The van der Waals surface area contributed by atoms with Crippen LogP contribution in [0.3, 0.4) is 0 Å². The van der Waals surface area contributed by atoms with Crippen LogP contribution in [0.25, 0.3) is 0 Å². The van der Waals surface area contributed by atoms with Gasteiger partial charge >= 0.3 is 0 Å². The summed E-state index contributed by atoms with van der Waals surface area (Å²) in [5.74, 6) is 0.608. The molecule has 0 bridgehead atoms. The van der Waals surface area contributed by atoms with Crippen molar-refractivity contribution >= 4 is 11.6 Å². The van der Waals surface area contributed by atoms with Crippen molar-refractivity contribution in [3.05, 3.63) is 93.4 Å². The molecule has 190 valence electrons. The molecule has 0 N–H and O–H groups in total. The van der Waals surface area contributed by atoms with E-state index in [-0.39, 0.29) is 17.8 Å². The third kappa shape index (κ3) is 4.64. The van der Waals surface area contributed by atoms with E-state index in [0.29, 0.717) is 31.9 Å². The highest BCUT2D eigenvalue weighted by Gasteiger charge is 2.33. The molecule has 1 aromatic heterocycles. The van der Waals surface area contributed by atoms with Crippen LogP contribution >= 0.6 is 0 Å². The van der Waals surface area contributed by atoms with Crippen molar-refractivity contribution in [1.82, 2.24) is 14.8 Å². The largest absolute Gasteiger partial charge is 0.481 e. The Bertz CT molecular complexity index is 1390. The van der Waals surface area contributed by atoms with Crippen LogP contribution in [0.5, 0.6) is 5.88 Å². The molecule has 6 rings (SSSR count). The van der Waals surface area contributed by atoms with Crippen LogP contribution < -0.4 is 4.74 Å². The van der Waals surface area contributed by atoms with Gasteiger partial charge in [0.25, 0.3) is 0 Å². The molecule has 0 spiro atoms. The van der Waals surface area contributed by atoms with Gasteiger partial charge in [0.15, 0.2) is 0 Å². The highest BCUT2D eigenvalue weighted by molar-refractivity contribution is 6.15. The van der Waals surface area contributed by atoms with Crippen molar-refractivity contribution in [2.75, 3.05) is 20.2 Å². The lowest BCUT2D eigenvalue weighted by Gasteiger charge is -2.41. The van der Waals surface area contributed by atoms with Crippen LogP contribution in [0.4, 0.5) is 4.39 Å². The Hall–Kier alpha value is -3.58. The van der Waals surface area contributed by atoms with Crippen molar-refractivity contribution in [2.45, 2.75) is 51.9 Å². The van der Waals surface area contributed by atoms with Gasteiger partial charge in [-0.1, -0.05) is 18.2 Å². The predicted molar refractivity (Wildman–Crippen MR) is 140 cm³/mol. The summed E-state index contributed by atoms with van der Waals surface area (Å²) in [4.78, 5) is 26.7. The Morgan fingerprint density at radius 3 is 2.78 bits per heavy atom. The summed E-state index contributed by atoms with van der Waals surface area (Å²) in [6.45, 7) is 5.39. The number of likely N-dealkylation sites (tertiary alicyclic amines) is 1. The van der Waals surface area contributed by atoms with Crippen LogP contribution in [-0.2, 0) is 30.8 Å². The summed E-state index contributed by atoms with van der Waals surface area (Å²) in [6, 6.07) is 13.8. The minimum Gasteiger partial charge on any atom is -0.481 e. The van der Waals surface area contributed by atoms with Crippen LogP contribution in [0.15, 0.2) is 53.7 Å². The quantitative estimate of drug-likeness (QED) is 0.522. The van der Waals surface area contributed by atoms with Gasteiger partial charge in [0.05, 0.1) is 25.8 Å². The average molecular weight is 499 g/mol. The Kier molecular flexibility index (Phi) is 6.24. The van der Waals surface area contributed by atoms with Crippen LogP contribution in [0.1, 0.15) is 51.8 Å². The zero-order valence-corrected chi connectivity index (χ0v) is 21.3. The van der Waals surface area contributed by atoms with Crippen molar-refractivity contribution in [3.8, 4) is 5.88 Å². The van der Waals surface area contributed by atoms with E-state index < -0.39 is 0 Å². The maximum atomic E-state index is 14.5. The van der Waals surface area contributed by atoms with Gasteiger partial charge in [0.1, 0.15) is 5.82 Å². The fourth-order valence-corrected chi connectivity index (χ4v) is 5.86. The van der Waals surface area contributed by atoms with Crippen LogP contribution in [0.2, 0.25) is 0 Å². The lowest BCUT2D eigenvalue weighted by molar-refractivity contribution is -0.135. The molecule has 4 heterocycles. The van der Waals surface area contributed by atoms with E-state index in [1.54, 1.807) is 19.4 Å². The van der Waals surface area contributed by atoms with Gasteiger partial charge < -0.3 is 9.64 Å². The Labute approximate surface area is 216 Å². The number of pyridine rings is 1. The van der Waals surface area contributed by atoms with Gasteiger partial charge in [-0.05, 0) is 66.8 Å². The van der Waals surface area contributed by atoms with Gasteiger partial charge in [-0.15, -0.1) is 0 Å². The van der Waals surface area contributed by atoms with Crippen molar-refractivity contribution in [2.24, 2.45) is 4.99 Å². The normalized spacial score (nSPS) is 19.4. The smallest absolute Gasteiger partial charge is 0.227 e. The standard InChI is InChI=1S/C30H31FN4O2/c1-19-5-6-21(27(31)10-19)16-34-9-3-4-25(18-34)35-17-24-12-26-23(11-22(24)13-29(35)36)15-33-30(26)20-7-8-28(37-2)32-14-20/h5-8,10-12,14,25H,3-4,9,13,15-18H2,1-2H3/t25-/m1/s1. The zero-order chi connectivity index (χ0) is 25.5. The first kappa shape index (κ1) is 23.8. The lowest BCUT2D eigenvalue weighted by atomic mass is 9.90. The minimum absolute atomic E-state index is 0.134. The maximum Gasteiger partial charge on any atom is 0.227 e. The van der Waals surface area contributed by atoms with E-state index >= 15 is 0 Å². The number of fused-ring (bicyclic) bond motifs is 2. The second-order valence-corrected chi connectivity index (χ2v) is 10.4. The van der Waals surface area contributed by atoms with Gasteiger partial charge in [0, 0.05) is 54.6 Å². The SMILES string of the molecule is COc1ccc(C2=NCc3cc4c(cc32)CN([C@@H]2CCCN(Cc3ccc(C)cc3F)C2)C(=O)C4)cn1. The summed E-state index contributed by atoms with van der Waals surface area (Å²) >= 11 is 0. The van der Waals surface area contributed by atoms with Crippen molar-refractivity contribution < 1.29 is 13.9 Å². The summed E-state index contributed by atoms with van der Waals surface area (Å²) in [5.41, 5.74) is 8.15. The molecule has 1 fully saturated rings. The highest BCUT2D eigenvalue weighted by Crippen LogP contribution is 2.32. The van der Waals surface area contributed by atoms with Crippen molar-refractivity contribution in [1.29, 1.82) is 0 Å². The molecule has 0 aliphatic carbocycles. The molecule has 1 atom stereocenters. The minimum atomic E-state index is -0.150. The number of aromatic nitrogens is 1. The highest BCUT2D eigenvalue weighted by atomic mass is 19.1. The first-order valence-corrected chi connectivity index (χ1v) is 13.0. The first-order chi connectivity index (χ1) is 18.0. The number of benzene rings is 2. The Morgan fingerprint density at radius 2 is 2.00 bits per heavy atom. The molecule has 7 heteroatoms. The molecule has 0 saturated carbocycles. The monoisotopic (exact) mass is 498 g/mol. The third-order valence-electron chi connectivity index (χ3n) is 7.83. The maximum absolute atomic E-state index is 14.5. The van der Waals surface area contributed by atoms with E-state index in [2.05, 4.69) is 22.0 Å². The number of rotatable bonds is 5. The summed E-state index contributed by atoms with van der Waals surface area (Å²) in [5, 5.41) is 0. The van der Waals surface area contributed by atoms with Crippen molar-refractivity contribution in [3.63, 3.8) is 0 Å². The van der Waals surface area contributed by atoms with Crippen LogP contribution in [0, 0.1) is 12.7 Å². The molecule has 6 nitrogen and oxygen atoms in total. The summed E-state index contributed by atoms with van der Waals surface area (Å²) in [6.07, 6.45) is 4.20. The number of carbonyl (C=O) groups excluding carboxylic acids is 1. The first-order valence-electron chi connectivity index (χ1n) is 13.0. The molecule has 0 unspecified atom stereocenters. The average Bonchev–Trinajstić information content (AvgIpc) is 3.31. The van der Waals surface area contributed by atoms with E-state index in [0.717, 1.165) is 65.0 Å². The number of hydrogen-bond donors (Lipinski definition) is 0. The zero-order valence-electron chi connectivity index (χ0n) is 21.3. The van der Waals surface area contributed by atoms with Gasteiger partial charge in [0.2, 0.25) is 11.8 Å². The molecule has 3 aliphatic rings. The number of ether oxygens (including phenoxy) is 1. The number of amides is 1.